The maximum absolute atomic E-state index is 12.9. The molecule has 1 aromatic rings. The summed E-state index contributed by atoms with van der Waals surface area (Å²) in [6.45, 7) is 0. The molecule has 1 heterocycles. The minimum atomic E-state index is -0.0512. The van der Waals surface area contributed by atoms with Gasteiger partial charge in [0, 0.05) is 13.1 Å². The summed E-state index contributed by atoms with van der Waals surface area (Å²) in [6, 6.07) is 5.27. The number of hydrogen-bond donors (Lipinski definition) is 1. The predicted octanol–water partition coefficient (Wildman–Crippen LogP) is 3.13. The third kappa shape index (κ3) is 2.98. The van der Waals surface area contributed by atoms with Crippen LogP contribution in [-0.4, -0.2) is 46.1 Å². The topological polar surface area (TPSA) is 53.0 Å². The van der Waals surface area contributed by atoms with E-state index >= 15 is 0 Å². The van der Waals surface area contributed by atoms with E-state index in [1.165, 1.54) is 13.5 Å². The Kier molecular flexibility index (Phi) is 4.76. The van der Waals surface area contributed by atoms with Crippen LogP contribution < -0.4 is 4.74 Å². The largest absolute Gasteiger partial charge is 0.504 e. The van der Waals surface area contributed by atoms with Gasteiger partial charge < -0.3 is 14.7 Å². The van der Waals surface area contributed by atoms with Gasteiger partial charge in [0.25, 0.3) is 5.91 Å². The number of ether oxygens (including phenoxy) is 1. The summed E-state index contributed by atoms with van der Waals surface area (Å²) in [5, 5.41) is 10.5. The molecule has 24 heavy (non-hydrogen) atoms. The molecule has 1 aliphatic carbocycles. The normalized spacial score (nSPS) is 21.0. The quantitative estimate of drug-likeness (QED) is 0.673. The number of likely N-dealkylation sites (N-methyl/N-ethyl adjacent to an activating group) is 1. The number of thiocarbonyl (C=S) groups is 1. The summed E-state index contributed by atoms with van der Waals surface area (Å²) in [4.78, 5) is 16.4. The van der Waals surface area contributed by atoms with Gasteiger partial charge in [-0.25, -0.2) is 0 Å². The van der Waals surface area contributed by atoms with Gasteiger partial charge in [0.05, 0.1) is 7.11 Å². The number of benzene rings is 1. The van der Waals surface area contributed by atoms with Crippen molar-refractivity contribution in [3.05, 3.63) is 29.5 Å². The number of methoxy groups -OCH3 is 1. The Bertz CT molecular complexity index is 696. The number of carbonyl (C=O) groups is 1. The molecule has 0 radical (unpaired) electrons. The van der Waals surface area contributed by atoms with Crippen LogP contribution in [0.15, 0.2) is 23.9 Å². The van der Waals surface area contributed by atoms with E-state index in [2.05, 4.69) is 0 Å². The second-order valence-electron chi connectivity index (χ2n) is 6.27. The molecule has 1 N–H and O–H groups in total. The van der Waals surface area contributed by atoms with Crippen molar-refractivity contribution in [2.75, 3.05) is 14.2 Å². The monoisotopic (exact) mass is 346 g/mol. The second kappa shape index (κ2) is 6.81. The lowest BCUT2D eigenvalue weighted by Crippen LogP contribution is -2.41. The van der Waals surface area contributed by atoms with Crippen molar-refractivity contribution < 1.29 is 14.6 Å². The van der Waals surface area contributed by atoms with E-state index < -0.39 is 0 Å². The molecule has 0 aromatic heterocycles. The van der Waals surface area contributed by atoms with E-state index in [0.717, 1.165) is 31.2 Å². The van der Waals surface area contributed by atoms with Crippen molar-refractivity contribution in [2.24, 2.45) is 0 Å². The Morgan fingerprint density at radius 2 is 2.00 bits per heavy atom. The van der Waals surface area contributed by atoms with E-state index in [1.807, 2.05) is 7.05 Å². The van der Waals surface area contributed by atoms with Crippen LogP contribution in [0.3, 0.4) is 0 Å². The molecular weight excluding hydrogens is 324 g/mol. The van der Waals surface area contributed by atoms with Crippen LogP contribution in [0.25, 0.3) is 6.08 Å². The molecule has 1 saturated carbocycles. The standard InChI is InChI=1S/C18H22N2O3S/c1-19-14(10-12-8-9-16(23-2)15(21)11-12)17(22)20(18(19)24)13-6-4-3-5-7-13/h8-11,13,21H,3-7H2,1-2H3. The van der Waals surface area contributed by atoms with Gasteiger partial charge in [0.15, 0.2) is 16.6 Å². The van der Waals surface area contributed by atoms with Crippen molar-refractivity contribution >= 4 is 29.3 Å². The van der Waals surface area contributed by atoms with E-state index in [4.69, 9.17) is 17.0 Å². The van der Waals surface area contributed by atoms with Crippen molar-refractivity contribution in [3.8, 4) is 11.5 Å². The molecule has 2 fully saturated rings. The van der Waals surface area contributed by atoms with Crippen LogP contribution in [0.1, 0.15) is 37.7 Å². The van der Waals surface area contributed by atoms with Gasteiger partial charge in [-0.3, -0.25) is 9.69 Å². The molecule has 3 rings (SSSR count). The lowest BCUT2D eigenvalue weighted by atomic mass is 9.94. The van der Waals surface area contributed by atoms with Crippen LogP contribution in [0.4, 0.5) is 0 Å². The van der Waals surface area contributed by atoms with E-state index in [0.29, 0.717) is 16.6 Å². The number of carbonyl (C=O) groups excluding carboxylic acids is 1. The molecule has 1 saturated heterocycles. The van der Waals surface area contributed by atoms with Crippen LogP contribution in [0.2, 0.25) is 0 Å². The molecular formula is C18H22N2O3S. The molecule has 2 aliphatic rings. The predicted molar refractivity (Wildman–Crippen MR) is 96.7 cm³/mol. The van der Waals surface area contributed by atoms with E-state index in [9.17, 15) is 9.90 Å². The molecule has 0 spiro atoms. The zero-order valence-corrected chi connectivity index (χ0v) is 14.8. The maximum atomic E-state index is 12.9. The molecule has 6 heteroatoms. The molecule has 128 valence electrons. The summed E-state index contributed by atoms with van der Waals surface area (Å²) in [7, 11) is 3.32. The first kappa shape index (κ1) is 16.8. The fourth-order valence-electron chi connectivity index (χ4n) is 3.39. The molecule has 5 nitrogen and oxygen atoms in total. The van der Waals surface area contributed by atoms with Gasteiger partial charge in [-0.05, 0) is 48.8 Å². The van der Waals surface area contributed by atoms with Crippen LogP contribution in [-0.2, 0) is 4.79 Å². The average molecular weight is 346 g/mol. The molecule has 1 amide bonds. The summed E-state index contributed by atoms with van der Waals surface area (Å²) in [5.74, 6) is 0.402. The molecule has 0 bridgehead atoms. The number of phenolic OH excluding ortho intramolecular Hbond substituents is 1. The number of aromatic hydroxyl groups is 1. The summed E-state index contributed by atoms with van der Waals surface area (Å²) in [5.41, 5.74) is 1.27. The molecule has 0 atom stereocenters. The van der Waals surface area contributed by atoms with Gasteiger partial charge >= 0.3 is 0 Å². The van der Waals surface area contributed by atoms with Gasteiger partial charge in [-0.1, -0.05) is 25.3 Å². The third-order valence-corrected chi connectivity index (χ3v) is 5.21. The summed E-state index contributed by atoms with van der Waals surface area (Å²) < 4.78 is 5.05. The third-order valence-electron chi connectivity index (χ3n) is 4.74. The SMILES string of the molecule is COc1ccc(C=C2C(=O)N(C3CCCCC3)C(=S)N2C)cc1O. The zero-order chi connectivity index (χ0) is 17.3. The second-order valence-corrected chi connectivity index (χ2v) is 6.63. The van der Waals surface area contributed by atoms with E-state index in [1.54, 1.807) is 34.1 Å². The molecule has 1 aromatic carbocycles. The maximum Gasteiger partial charge on any atom is 0.277 e. The minimum Gasteiger partial charge on any atom is -0.504 e. The van der Waals surface area contributed by atoms with Crippen LogP contribution in [0, 0.1) is 0 Å². The lowest BCUT2D eigenvalue weighted by Gasteiger charge is -2.30. The minimum absolute atomic E-state index is 0.0478. The lowest BCUT2D eigenvalue weighted by molar-refractivity contribution is -0.124. The first-order valence-electron chi connectivity index (χ1n) is 8.23. The first-order chi connectivity index (χ1) is 11.5. The van der Waals surface area contributed by atoms with Gasteiger partial charge in [-0.2, -0.15) is 0 Å². The summed E-state index contributed by atoms with van der Waals surface area (Å²) >= 11 is 5.50. The number of amides is 1. The number of nitrogens with zero attached hydrogens (tertiary/aromatic N) is 2. The summed E-state index contributed by atoms with van der Waals surface area (Å²) in [6.07, 6.45) is 7.30. The van der Waals surface area contributed by atoms with E-state index in [-0.39, 0.29) is 17.7 Å². The molecule has 1 aliphatic heterocycles. The van der Waals surface area contributed by atoms with Gasteiger partial charge in [0.1, 0.15) is 5.70 Å². The Balaban J connectivity index is 1.89. The number of rotatable bonds is 3. The highest BCUT2D eigenvalue weighted by atomic mass is 32.1. The highest BCUT2D eigenvalue weighted by molar-refractivity contribution is 7.80. The highest BCUT2D eigenvalue weighted by Crippen LogP contribution is 2.32. The zero-order valence-electron chi connectivity index (χ0n) is 14.0. The fraction of sp³-hybridized carbons (Fsp3) is 0.444. The van der Waals surface area contributed by atoms with Crippen LogP contribution in [0.5, 0.6) is 11.5 Å². The number of hydrogen-bond acceptors (Lipinski definition) is 4. The van der Waals surface area contributed by atoms with Crippen molar-refractivity contribution in [2.45, 2.75) is 38.1 Å². The van der Waals surface area contributed by atoms with Crippen molar-refractivity contribution in [1.29, 1.82) is 0 Å². The highest BCUT2D eigenvalue weighted by Gasteiger charge is 2.40. The number of phenols is 1. The van der Waals surface area contributed by atoms with Crippen molar-refractivity contribution in [3.63, 3.8) is 0 Å². The van der Waals surface area contributed by atoms with Crippen LogP contribution >= 0.6 is 12.2 Å². The Morgan fingerprint density at radius 1 is 1.29 bits per heavy atom. The smallest absolute Gasteiger partial charge is 0.277 e. The fourth-order valence-corrected chi connectivity index (χ4v) is 3.72. The Labute approximate surface area is 147 Å². The van der Waals surface area contributed by atoms with Crippen molar-refractivity contribution in [1.82, 2.24) is 9.80 Å². The Hall–Kier alpha value is -2.08. The Morgan fingerprint density at radius 3 is 2.62 bits per heavy atom. The van der Waals surface area contributed by atoms with Gasteiger partial charge in [0.2, 0.25) is 0 Å². The van der Waals surface area contributed by atoms with Gasteiger partial charge in [-0.15, -0.1) is 0 Å². The average Bonchev–Trinajstić information content (AvgIpc) is 2.79. The molecule has 0 unspecified atom stereocenters. The first-order valence-corrected chi connectivity index (χ1v) is 8.63.